The molecule has 0 fully saturated rings. The number of thioether (sulfide) groups is 1. The second kappa shape index (κ2) is 6.45. The fraction of sp³-hybridized carbons (Fsp3) is 0.0714. The minimum Gasteiger partial charge on any atom is -0.453 e. The van der Waals surface area contributed by atoms with Crippen LogP contribution in [0.2, 0.25) is 0 Å². The number of ether oxygens (including phenoxy) is 1. The summed E-state index contributed by atoms with van der Waals surface area (Å²) in [4.78, 5) is 0.680. The number of benzene rings is 2. The van der Waals surface area contributed by atoms with E-state index in [1.165, 1.54) is 17.8 Å². The summed E-state index contributed by atoms with van der Waals surface area (Å²) in [6, 6.07) is 7.82. The molecule has 2 aromatic carbocycles. The molecule has 21 heavy (non-hydrogen) atoms. The van der Waals surface area contributed by atoms with Crippen LogP contribution < -0.4 is 10.5 Å². The molecule has 0 radical (unpaired) electrons. The second-order valence-corrected chi connectivity index (χ2v) is 4.84. The summed E-state index contributed by atoms with van der Waals surface area (Å²) in [5.41, 5.74) is 5.95. The van der Waals surface area contributed by atoms with Gasteiger partial charge in [0.2, 0.25) is 0 Å². The summed E-state index contributed by atoms with van der Waals surface area (Å²) in [5, 5.41) is 11.8. The summed E-state index contributed by atoms with van der Waals surface area (Å²) >= 11 is 1.35. The molecule has 110 valence electrons. The van der Waals surface area contributed by atoms with Crippen LogP contribution in [0.3, 0.4) is 0 Å². The Kier molecular flexibility index (Phi) is 4.64. The van der Waals surface area contributed by atoms with E-state index in [-0.39, 0.29) is 17.3 Å². The maximum Gasteiger partial charge on any atom is 0.175 e. The van der Waals surface area contributed by atoms with E-state index in [4.69, 9.17) is 15.7 Å². The minimum atomic E-state index is -0.712. The van der Waals surface area contributed by atoms with Crippen molar-refractivity contribution < 1.29 is 18.7 Å². The zero-order valence-electron chi connectivity index (χ0n) is 11.0. The first-order valence-electron chi connectivity index (χ1n) is 5.84. The van der Waals surface area contributed by atoms with Gasteiger partial charge in [0.25, 0.3) is 0 Å². The molecule has 0 bridgehead atoms. The number of rotatable bonds is 4. The Bertz CT molecular complexity index is 693. The Balaban J connectivity index is 2.51. The molecular weight excluding hydrogens is 298 g/mol. The highest BCUT2D eigenvalue weighted by Crippen LogP contribution is 2.33. The summed E-state index contributed by atoms with van der Waals surface area (Å²) in [6.07, 6.45) is 1.80. The van der Waals surface area contributed by atoms with Crippen molar-refractivity contribution in [3.63, 3.8) is 0 Å². The highest BCUT2D eigenvalue weighted by molar-refractivity contribution is 7.98. The Morgan fingerprint density at radius 1 is 1.24 bits per heavy atom. The lowest BCUT2D eigenvalue weighted by Gasteiger charge is -2.13. The third-order valence-electron chi connectivity index (χ3n) is 2.68. The predicted molar refractivity (Wildman–Crippen MR) is 77.2 cm³/mol. The van der Waals surface area contributed by atoms with Gasteiger partial charge in [0, 0.05) is 11.0 Å². The van der Waals surface area contributed by atoms with Crippen molar-refractivity contribution in [3.8, 4) is 11.5 Å². The van der Waals surface area contributed by atoms with Crippen LogP contribution in [0.15, 0.2) is 46.4 Å². The van der Waals surface area contributed by atoms with Crippen LogP contribution in [-0.4, -0.2) is 17.3 Å². The molecule has 2 aromatic rings. The van der Waals surface area contributed by atoms with E-state index < -0.39 is 11.6 Å². The molecule has 0 aromatic heterocycles. The van der Waals surface area contributed by atoms with E-state index in [0.717, 1.165) is 18.2 Å². The molecule has 0 amide bonds. The van der Waals surface area contributed by atoms with Crippen molar-refractivity contribution >= 4 is 17.6 Å². The van der Waals surface area contributed by atoms with Crippen LogP contribution in [-0.2, 0) is 0 Å². The van der Waals surface area contributed by atoms with Crippen LogP contribution in [0.5, 0.6) is 11.5 Å². The van der Waals surface area contributed by atoms with Gasteiger partial charge in [-0.05, 0) is 30.5 Å². The van der Waals surface area contributed by atoms with Gasteiger partial charge in [-0.25, -0.2) is 8.78 Å². The van der Waals surface area contributed by atoms with Gasteiger partial charge in [-0.1, -0.05) is 11.2 Å². The normalized spacial score (nSPS) is 11.5. The molecule has 2 rings (SSSR count). The van der Waals surface area contributed by atoms with Gasteiger partial charge >= 0.3 is 0 Å². The number of hydrogen-bond donors (Lipinski definition) is 2. The summed E-state index contributed by atoms with van der Waals surface area (Å²) in [5.74, 6) is -1.62. The van der Waals surface area contributed by atoms with Gasteiger partial charge in [0.05, 0.1) is 5.56 Å². The van der Waals surface area contributed by atoms with Crippen LogP contribution in [0, 0.1) is 11.6 Å². The zero-order chi connectivity index (χ0) is 15.4. The van der Waals surface area contributed by atoms with Crippen molar-refractivity contribution in [1.29, 1.82) is 0 Å². The van der Waals surface area contributed by atoms with Crippen molar-refractivity contribution in [1.82, 2.24) is 0 Å². The maximum atomic E-state index is 13.6. The van der Waals surface area contributed by atoms with Gasteiger partial charge in [-0.15, -0.1) is 11.8 Å². The zero-order valence-corrected chi connectivity index (χ0v) is 11.8. The third-order valence-corrected chi connectivity index (χ3v) is 3.46. The van der Waals surface area contributed by atoms with E-state index in [9.17, 15) is 8.78 Å². The van der Waals surface area contributed by atoms with Crippen molar-refractivity contribution in [2.45, 2.75) is 4.90 Å². The molecule has 4 nitrogen and oxygen atoms in total. The number of halogens is 2. The first-order chi connectivity index (χ1) is 10.1. The molecule has 0 saturated carbocycles. The highest BCUT2D eigenvalue weighted by atomic mass is 32.2. The average molecular weight is 310 g/mol. The van der Waals surface area contributed by atoms with E-state index in [1.54, 1.807) is 18.4 Å². The fourth-order valence-electron chi connectivity index (χ4n) is 1.74. The molecule has 0 aliphatic heterocycles. The molecule has 0 unspecified atom stereocenters. The lowest BCUT2D eigenvalue weighted by molar-refractivity contribution is 0.318. The second-order valence-electron chi connectivity index (χ2n) is 4.00. The largest absolute Gasteiger partial charge is 0.453 e. The van der Waals surface area contributed by atoms with Crippen LogP contribution in [0.1, 0.15) is 5.56 Å². The fourth-order valence-corrected chi connectivity index (χ4v) is 2.37. The Morgan fingerprint density at radius 3 is 2.67 bits per heavy atom. The van der Waals surface area contributed by atoms with Gasteiger partial charge in [0.1, 0.15) is 11.6 Å². The Labute approximate surface area is 124 Å². The van der Waals surface area contributed by atoms with Gasteiger partial charge in [-0.2, -0.15) is 0 Å². The number of nitrogens with zero attached hydrogens (tertiary/aromatic N) is 1. The monoisotopic (exact) mass is 310 g/mol. The van der Waals surface area contributed by atoms with Gasteiger partial charge in [0.15, 0.2) is 17.4 Å². The number of nitrogens with two attached hydrogens (primary N) is 1. The average Bonchev–Trinajstić information content (AvgIpc) is 2.49. The molecule has 7 heteroatoms. The summed E-state index contributed by atoms with van der Waals surface area (Å²) < 4.78 is 32.2. The minimum absolute atomic E-state index is 0.168. The quantitative estimate of drug-likeness (QED) is 0.298. The van der Waals surface area contributed by atoms with E-state index in [1.807, 2.05) is 0 Å². The number of hydrogen-bond acceptors (Lipinski definition) is 4. The standard InChI is InChI=1S/C14H12F2N2O2S/c1-21-12-4-2-3-10(13(12)14(17)18-19)20-11-7-8(15)5-6-9(11)16/h2-7,19H,1H3,(H2,17,18). The molecule has 0 atom stereocenters. The topological polar surface area (TPSA) is 67.8 Å². The van der Waals surface area contributed by atoms with Crippen molar-refractivity contribution in [2.75, 3.05) is 6.26 Å². The molecule has 0 aliphatic carbocycles. The van der Waals surface area contributed by atoms with E-state index >= 15 is 0 Å². The first-order valence-corrected chi connectivity index (χ1v) is 7.07. The molecule has 0 spiro atoms. The van der Waals surface area contributed by atoms with Crippen molar-refractivity contribution in [3.05, 3.63) is 53.6 Å². The smallest absolute Gasteiger partial charge is 0.175 e. The summed E-state index contributed by atoms with van der Waals surface area (Å²) in [6.45, 7) is 0. The van der Waals surface area contributed by atoms with Crippen LogP contribution in [0.25, 0.3) is 0 Å². The van der Waals surface area contributed by atoms with E-state index in [0.29, 0.717) is 10.5 Å². The Morgan fingerprint density at radius 2 is 2.00 bits per heavy atom. The molecule has 3 N–H and O–H groups in total. The molecular formula is C14H12F2N2O2S. The molecule has 0 saturated heterocycles. The first kappa shape index (κ1) is 15.1. The van der Waals surface area contributed by atoms with Crippen LogP contribution >= 0.6 is 11.8 Å². The lowest BCUT2D eigenvalue weighted by Crippen LogP contribution is -2.15. The maximum absolute atomic E-state index is 13.6. The van der Waals surface area contributed by atoms with Gasteiger partial charge in [-0.3, -0.25) is 0 Å². The van der Waals surface area contributed by atoms with Crippen molar-refractivity contribution in [2.24, 2.45) is 10.9 Å². The molecule has 0 aliphatic rings. The summed E-state index contributed by atoms with van der Waals surface area (Å²) in [7, 11) is 0. The number of oxime groups is 1. The van der Waals surface area contributed by atoms with E-state index in [2.05, 4.69) is 5.16 Å². The van der Waals surface area contributed by atoms with Gasteiger partial charge < -0.3 is 15.7 Å². The lowest BCUT2D eigenvalue weighted by atomic mass is 10.2. The highest BCUT2D eigenvalue weighted by Gasteiger charge is 2.16. The SMILES string of the molecule is CSc1cccc(Oc2cc(F)ccc2F)c1/C(N)=N/O. The van der Waals surface area contributed by atoms with Crippen LogP contribution in [0.4, 0.5) is 8.78 Å². The number of amidine groups is 1. The molecule has 0 heterocycles. The predicted octanol–water partition coefficient (Wildman–Crippen LogP) is 3.57. The Hall–Kier alpha value is -2.28. The third kappa shape index (κ3) is 3.25.